The van der Waals surface area contributed by atoms with Gasteiger partial charge in [-0.3, -0.25) is 4.79 Å². The van der Waals surface area contributed by atoms with Crippen LogP contribution >= 0.6 is 0 Å². The number of hydrogen-bond acceptors (Lipinski definition) is 5. The predicted octanol–water partition coefficient (Wildman–Crippen LogP) is 2.56. The Kier molecular flexibility index (Phi) is 5.81. The van der Waals surface area contributed by atoms with Gasteiger partial charge in [-0.1, -0.05) is 6.07 Å². The van der Waals surface area contributed by atoms with E-state index in [2.05, 4.69) is 10.5 Å². The standard InChI is InChI=1S/C20H23N3O4S/c1-14-10-16(11-15(2)19(14)24)13-21-22-20(25)17-6-5-7-18(12-17)28(26,27)23-8-3-4-9-23/h5-7,10-13,24H,3-4,8-9H2,1-2H3,(H,22,25)/b21-13+. The number of phenolic OH excluding ortho intramolecular Hbond substituents is 1. The minimum absolute atomic E-state index is 0.107. The summed E-state index contributed by atoms with van der Waals surface area (Å²) in [6, 6.07) is 9.46. The summed E-state index contributed by atoms with van der Waals surface area (Å²) in [5.74, 6) is -0.265. The molecule has 7 nitrogen and oxygen atoms in total. The van der Waals surface area contributed by atoms with E-state index < -0.39 is 15.9 Å². The summed E-state index contributed by atoms with van der Waals surface area (Å²) in [4.78, 5) is 12.5. The van der Waals surface area contributed by atoms with Crippen LogP contribution in [0.15, 0.2) is 46.4 Å². The average Bonchev–Trinajstić information content (AvgIpc) is 3.21. The zero-order chi connectivity index (χ0) is 20.3. The third-order valence-electron chi connectivity index (χ3n) is 4.69. The zero-order valence-corrected chi connectivity index (χ0v) is 16.7. The number of phenols is 1. The maximum absolute atomic E-state index is 12.6. The van der Waals surface area contributed by atoms with Crippen LogP contribution in [0.4, 0.5) is 0 Å². The Morgan fingerprint density at radius 1 is 1.14 bits per heavy atom. The maximum atomic E-state index is 12.6. The molecule has 8 heteroatoms. The van der Waals surface area contributed by atoms with Crippen LogP contribution in [0.1, 0.15) is 39.9 Å². The lowest BCUT2D eigenvalue weighted by atomic mass is 10.1. The van der Waals surface area contributed by atoms with Gasteiger partial charge in [0.2, 0.25) is 10.0 Å². The number of aryl methyl sites for hydroxylation is 2. The Morgan fingerprint density at radius 2 is 1.79 bits per heavy atom. The second kappa shape index (κ2) is 8.12. The van der Waals surface area contributed by atoms with Gasteiger partial charge < -0.3 is 5.11 Å². The van der Waals surface area contributed by atoms with E-state index in [1.165, 1.54) is 22.7 Å². The van der Waals surface area contributed by atoms with Crippen LogP contribution in [0.25, 0.3) is 0 Å². The highest BCUT2D eigenvalue weighted by atomic mass is 32.2. The molecule has 2 aromatic rings. The lowest BCUT2D eigenvalue weighted by molar-refractivity contribution is 0.0955. The number of hydrogen-bond donors (Lipinski definition) is 2. The molecule has 1 aliphatic heterocycles. The Hall–Kier alpha value is -2.71. The van der Waals surface area contributed by atoms with Crippen LogP contribution in [0.5, 0.6) is 5.75 Å². The van der Waals surface area contributed by atoms with E-state index in [0.717, 1.165) is 18.4 Å². The molecular formula is C20H23N3O4S. The van der Waals surface area contributed by atoms with Crippen molar-refractivity contribution < 1.29 is 18.3 Å². The highest BCUT2D eigenvalue weighted by Gasteiger charge is 2.27. The van der Waals surface area contributed by atoms with Crippen LogP contribution in [-0.4, -0.2) is 43.0 Å². The lowest BCUT2D eigenvalue weighted by Crippen LogP contribution is -2.28. The Labute approximate surface area is 164 Å². The van der Waals surface area contributed by atoms with Gasteiger partial charge in [-0.15, -0.1) is 0 Å². The van der Waals surface area contributed by atoms with Gasteiger partial charge in [-0.2, -0.15) is 9.41 Å². The lowest BCUT2D eigenvalue weighted by Gasteiger charge is -2.15. The molecule has 0 unspecified atom stereocenters. The number of rotatable bonds is 5. The number of sulfonamides is 1. The summed E-state index contributed by atoms with van der Waals surface area (Å²) in [5, 5.41) is 13.7. The topological polar surface area (TPSA) is 99.1 Å². The van der Waals surface area contributed by atoms with Crippen molar-refractivity contribution in [3.63, 3.8) is 0 Å². The minimum atomic E-state index is -3.58. The summed E-state index contributed by atoms with van der Waals surface area (Å²) < 4.78 is 26.7. The minimum Gasteiger partial charge on any atom is -0.507 e. The smallest absolute Gasteiger partial charge is 0.271 e. The van der Waals surface area contributed by atoms with E-state index >= 15 is 0 Å². The van der Waals surface area contributed by atoms with Gasteiger partial charge >= 0.3 is 0 Å². The van der Waals surface area contributed by atoms with Crippen LogP contribution in [0.2, 0.25) is 0 Å². The third kappa shape index (κ3) is 4.23. The first-order valence-corrected chi connectivity index (χ1v) is 10.5. The number of nitrogens with one attached hydrogen (secondary N) is 1. The van der Waals surface area contributed by atoms with Crippen molar-refractivity contribution in [2.75, 3.05) is 13.1 Å². The molecule has 0 aromatic heterocycles. The van der Waals surface area contributed by atoms with Crippen molar-refractivity contribution in [2.45, 2.75) is 31.6 Å². The number of amides is 1. The van der Waals surface area contributed by atoms with Crippen LogP contribution in [0, 0.1) is 13.8 Å². The molecule has 148 valence electrons. The van der Waals surface area contributed by atoms with Crippen molar-refractivity contribution in [3.8, 4) is 5.75 Å². The summed E-state index contributed by atoms with van der Waals surface area (Å²) in [6.45, 7) is 4.58. The molecule has 0 spiro atoms. The van der Waals surface area contributed by atoms with Gasteiger partial charge in [0.15, 0.2) is 0 Å². The number of hydrazone groups is 1. The summed E-state index contributed by atoms with van der Waals surface area (Å²) in [7, 11) is -3.58. The highest BCUT2D eigenvalue weighted by Crippen LogP contribution is 2.23. The number of carbonyl (C=O) groups is 1. The van der Waals surface area contributed by atoms with Crippen LogP contribution in [0.3, 0.4) is 0 Å². The first-order chi connectivity index (χ1) is 13.3. The van der Waals surface area contributed by atoms with Crippen molar-refractivity contribution >= 4 is 22.1 Å². The molecule has 2 aromatic carbocycles. The van der Waals surface area contributed by atoms with E-state index in [9.17, 15) is 18.3 Å². The van der Waals surface area contributed by atoms with Gasteiger partial charge in [0.05, 0.1) is 11.1 Å². The number of carbonyl (C=O) groups excluding carboxylic acids is 1. The monoisotopic (exact) mass is 401 g/mol. The quantitative estimate of drug-likeness (QED) is 0.594. The fourth-order valence-electron chi connectivity index (χ4n) is 3.17. The van der Waals surface area contributed by atoms with Gasteiger partial charge in [-0.25, -0.2) is 13.8 Å². The molecule has 28 heavy (non-hydrogen) atoms. The van der Waals surface area contributed by atoms with Gasteiger partial charge in [0.1, 0.15) is 5.75 Å². The van der Waals surface area contributed by atoms with E-state index in [0.29, 0.717) is 24.2 Å². The fourth-order valence-corrected chi connectivity index (χ4v) is 4.73. The molecule has 0 radical (unpaired) electrons. The van der Waals surface area contributed by atoms with Crippen molar-refractivity contribution in [2.24, 2.45) is 5.10 Å². The molecular weight excluding hydrogens is 378 g/mol. The molecule has 0 aliphatic carbocycles. The summed E-state index contributed by atoms with van der Waals surface area (Å²) >= 11 is 0. The maximum Gasteiger partial charge on any atom is 0.271 e. The Morgan fingerprint density at radius 3 is 2.43 bits per heavy atom. The molecule has 1 amide bonds. The van der Waals surface area contributed by atoms with E-state index in [1.807, 2.05) is 0 Å². The van der Waals surface area contributed by atoms with Gasteiger partial charge in [-0.05, 0) is 73.7 Å². The fraction of sp³-hybridized carbons (Fsp3) is 0.300. The number of nitrogens with zero attached hydrogens (tertiary/aromatic N) is 2. The van der Waals surface area contributed by atoms with E-state index in [-0.39, 0.29) is 16.2 Å². The Bertz CT molecular complexity index is 1000. The van der Waals surface area contributed by atoms with Gasteiger partial charge in [0.25, 0.3) is 5.91 Å². The zero-order valence-electron chi connectivity index (χ0n) is 15.8. The molecule has 1 fully saturated rings. The van der Waals surface area contributed by atoms with Gasteiger partial charge in [0, 0.05) is 18.7 Å². The molecule has 1 aliphatic rings. The Balaban J connectivity index is 1.73. The SMILES string of the molecule is Cc1cc(/C=N/NC(=O)c2cccc(S(=O)(=O)N3CCCC3)c2)cc(C)c1O. The van der Waals surface area contributed by atoms with E-state index in [4.69, 9.17) is 0 Å². The van der Waals surface area contributed by atoms with Crippen molar-refractivity contribution in [1.29, 1.82) is 0 Å². The molecule has 3 rings (SSSR count). The second-order valence-electron chi connectivity index (χ2n) is 6.84. The largest absolute Gasteiger partial charge is 0.507 e. The molecule has 0 atom stereocenters. The number of aromatic hydroxyl groups is 1. The van der Waals surface area contributed by atoms with E-state index in [1.54, 1.807) is 38.1 Å². The summed E-state index contributed by atoms with van der Waals surface area (Å²) in [5.41, 5.74) is 4.79. The molecule has 0 saturated carbocycles. The van der Waals surface area contributed by atoms with Crippen molar-refractivity contribution in [3.05, 3.63) is 58.7 Å². The van der Waals surface area contributed by atoms with Crippen LogP contribution < -0.4 is 5.43 Å². The first-order valence-electron chi connectivity index (χ1n) is 9.03. The van der Waals surface area contributed by atoms with Crippen LogP contribution in [-0.2, 0) is 10.0 Å². The molecule has 2 N–H and O–H groups in total. The first kappa shape index (κ1) is 20.0. The number of benzene rings is 2. The predicted molar refractivity (Wildman–Crippen MR) is 107 cm³/mol. The molecule has 1 heterocycles. The average molecular weight is 401 g/mol. The molecule has 1 saturated heterocycles. The third-order valence-corrected chi connectivity index (χ3v) is 6.59. The highest BCUT2D eigenvalue weighted by molar-refractivity contribution is 7.89. The van der Waals surface area contributed by atoms with Crippen molar-refractivity contribution in [1.82, 2.24) is 9.73 Å². The second-order valence-corrected chi connectivity index (χ2v) is 8.78. The molecule has 0 bridgehead atoms. The summed E-state index contributed by atoms with van der Waals surface area (Å²) in [6.07, 6.45) is 3.18. The normalized spacial score (nSPS) is 15.2.